The fraction of sp³-hybridized carbons (Fsp3) is 1.00. The molecule has 2 aliphatic heterocycles. The van der Waals surface area contributed by atoms with Crippen LogP contribution in [0.5, 0.6) is 0 Å². The van der Waals surface area contributed by atoms with E-state index in [4.69, 9.17) is 0 Å². The van der Waals surface area contributed by atoms with Crippen LogP contribution in [0.1, 0.15) is 19.3 Å². The third-order valence-electron chi connectivity index (χ3n) is 3.62. The first-order chi connectivity index (χ1) is 6.06. The van der Waals surface area contributed by atoms with Gasteiger partial charge in [0.1, 0.15) is 0 Å². The summed E-state index contributed by atoms with van der Waals surface area (Å²) in [6.45, 7) is 2.82. The summed E-state index contributed by atoms with van der Waals surface area (Å²) in [7, 11) is 0. The monoisotopic (exact) mass is 289 g/mol. The van der Waals surface area contributed by atoms with Crippen LogP contribution in [0.3, 0.4) is 0 Å². The Morgan fingerprint density at radius 2 is 1.92 bits per heavy atom. The molecule has 0 unspecified atom stereocenters. The molecule has 0 aromatic carbocycles. The van der Waals surface area contributed by atoms with Crippen LogP contribution in [-0.2, 0) is 0 Å². The number of hydrogen-bond acceptors (Lipinski definition) is 1. The molecule has 0 N–H and O–H groups in total. The molecule has 2 heterocycles. The van der Waals surface area contributed by atoms with E-state index in [-0.39, 0.29) is 0 Å². The van der Waals surface area contributed by atoms with E-state index in [1.54, 1.807) is 4.44 Å². The minimum atomic E-state index is -1.49. The van der Waals surface area contributed by atoms with Crippen molar-refractivity contribution in [1.82, 2.24) is 4.90 Å². The van der Waals surface area contributed by atoms with Gasteiger partial charge in [0.25, 0.3) is 0 Å². The molecule has 2 aliphatic rings. The Balaban J connectivity index is 1.94. The van der Waals surface area contributed by atoms with E-state index >= 15 is 0 Å². The Kier molecular flexibility index (Phi) is 2.95. The van der Waals surface area contributed by atoms with E-state index in [9.17, 15) is 0 Å². The van der Waals surface area contributed by atoms with Crippen LogP contribution >= 0.6 is 0 Å². The van der Waals surface area contributed by atoms with Gasteiger partial charge in [0.2, 0.25) is 0 Å². The van der Waals surface area contributed by atoms with Crippen molar-refractivity contribution >= 4 is 18.4 Å². The summed E-state index contributed by atoms with van der Waals surface area (Å²) in [6, 6.07) is 1.01. The Morgan fingerprint density at radius 3 is 2.62 bits per heavy atom. The minimum absolute atomic E-state index is 1.01. The number of rotatable bonds is 2. The summed E-state index contributed by atoms with van der Waals surface area (Å²) in [5.74, 6) is 1.10. The molecule has 76 valence electrons. The number of fused-ring (bicyclic) bond motifs is 1. The predicted molar refractivity (Wildman–Crippen MR) is 60.9 cm³/mol. The van der Waals surface area contributed by atoms with Crippen LogP contribution in [0, 0.1) is 5.92 Å². The predicted octanol–water partition coefficient (Wildman–Crippen LogP) is 2.81. The first-order valence-electron chi connectivity index (χ1n) is 5.80. The molecule has 1 nitrogen and oxygen atoms in total. The molecule has 2 saturated heterocycles. The maximum absolute atomic E-state index is 2.75. The van der Waals surface area contributed by atoms with Crippen molar-refractivity contribution < 1.29 is 0 Å². The van der Waals surface area contributed by atoms with Crippen LogP contribution in [-0.4, -0.2) is 42.4 Å². The second-order valence-corrected chi connectivity index (χ2v) is 21.8. The first-order valence-corrected chi connectivity index (χ1v) is 16.4. The zero-order valence-corrected chi connectivity index (χ0v) is 12.2. The van der Waals surface area contributed by atoms with Gasteiger partial charge in [0.05, 0.1) is 0 Å². The summed E-state index contributed by atoms with van der Waals surface area (Å²) < 4.78 is 1.63. The van der Waals surface area contributed by atoms with Gasteiger partial charge >= 0.3 is 86.8 Å². The molecular weight excluding hydrogens is 265 g/mol. The van der Waals surface area contributed by atoms with Gasteiger partial charge in [0, 0.05) is 0 Å². The van der Waals surface area contributed by atoms with Gasteiger partial charge in [-0.1, -0.05) is 0 Å². The van der Waals surface area contributed by atoms with Gasteiger partial charge in [-0.3, -0.25) is 0 Å². The molecule has 2 fully saturated rings. The second-order valence-electron chi connectivity index (χ2n) is 6.06. The maximum atomic E-state index is 2.75. The molecule has 0 radical (unpaired) electrons. The van der Waals surface area contributed by atoms with E-state index in [0.29, 0.717) is 0 Å². The van der Waals surface area contributed by atoms with Crippen molar-refractivity contribution in [2.45, 2.75) is 44.6 Å². The average Bonchev–Trinajstić information content (AvgIpc) is 2.50. The zero-order chi connectivity index (χ0) is 9.47. The van der Waals surface area contributed by atoms with Gasteiger partial charge in [-0.2, -0.15) is 0 Å². The van der Waals surface area contributed by atoms with Crippen LogP contribution < -0.4 is 0 Å². The Morgan fingerprint density at radius 1 is 1.15 bits per heavy atom. The Labute approximate surface area is 86.8 Å². The van der Waals surface area contributed by atoms with Crippen molar-refractivity contribution in [3.8, 4) is 0 Å². The van der Waals surface area contributed by atoms with E-state index in [1.807, 2.05) is 0 Å². The van der Waals surface area contributed by atoms with Crippen molar-refractivity contribution in [2.24, 2.45) is 5.92 Å². The fourth-order valence-electron chi connectivity index (χ4n) is 3.21. The zero-order valence-electron chi connectivity index (χ0n) is 9.34. The molecule has 0 bridgehead atoms. The third-order valence-corrected chi connectivity index (χ3v) is 8.61. The van der Waals surface area contributed by atoms with Gasteiger partial charge < -0.3 is 0 Å². The van der Waals surface area contributed by atoms with E-state index in [1.165, 1.54) is 32.4 Å². The van der Waals surface area contributed by atoms with Crippen LogP contribution in [0.15, 0.2) is 0 Å². The van der Waals surface area contributed by atoms with Crippen molar-refractivity contribution in [3.63, 3.8) is 0 Å². The van der Waals surface area contributed by atoms with Crippen LogP contribution in [0.25, 0.3) is 0 Å². The topological polar surface area (TPSA) is 3.24 Å². The van der Waals surface area contributed by atoms with Crippen LogP contribution in [0.4, 0.5) is 0 Å². The molecule has 0 spiro atoms. The normalized spacial score (nSPS) is 35.3. The van der Waals surface area contributed by atoms with Gasteiger partial charge in [-0.25, -0.2) is 0 Å². The molecule has 13 heavy (non-hydrogen) atoms. The van der Waals surface area contributed by atoms with Gasteiger partial charge in [-0.05, 0) is 0 Å². The van der Waals surface area contributed by atoms with Crippen molar-refractivity contribution in [2.75, 3.05) is 13.1 Å². The molecule has 0 aromatic rings. The second kappa shape index (κ2) is 3.73. The number of nitrogens with zero attached hydrogens (tertiary/aromatic N) is 1. The molecule has 2 rings (SSSR count). The van der Waals surface area contributed by atoms with Gasteiger partial charge in [0.15, 0.2) is 0 Å². The Bertz CT molecular complexity index is 185. The third kappa shape index (κ3) is 2.41. The van der Waals surface area contributed by atoms with E-state index in [0.717, 1.165) is 12.0 Å². The summed E-state index contributed by atoms with van der Waals surface area (Å²) in [5.41, 5.74) is 0. The van der Waals surface area contributed by atoms with Gasteiger partial charge in [-0.15, -0.1) is 0 Å². The molecule has 0 aliphatic carbocycles. The summed E-state index contributed by atoms with van der Waals surface area (Å²) in [5, 5.41) is 0. The fourth-order valence-corrected chi connectivity index (χ4v) is 9.06. The molecular formula is C11H23NSn. The van der Waals surface area contributed by atoms with E-state index < -0.39 is 18.4 Å². The molecule has 2 atom stereocenters. The van der Waals surface area contributed by atoms with Crippen molar-refractivity contribution in [1.29, 1.82) is 0 Å². The average molecular weight is 288 g/mol. The summed E-state index contributed by atoms with van der Waals surface area (Å²) in [6.07, 6.45) is 4.49. The van der Waals surface area contributed by atoms with E-state index in [2.05, 4.69) is 19.7 Å². The SMILES string of the molecule is [CH3][Sn]([CH3])([CH3])[CH2][C@H]1CCN2CCC[C@H]12. The molecule has 0 saturated carbocycles. The van der Waals surface area contributed by atoms with Crippen LogP contribution in [0.2, 0.25) is 19.3 Å². The van der Waals surface area contributed by atoms with Crippen molar-refractivity contribution in [3.05, 3.63) is 0 Å². The number of hydrogen-bond donors (Lipinski definition) is 0. The standard InChI is InChI=1S/C8H14N.3CH3.Sn/c1-7-4-6-9-5-2-3-8(7)9;;;;/h7-8H,1-6H2;3*1H3;/t7-,8+;;;;/m0..../s1. The molecule has 0 aromatic heterocycles. The Hall–Kier alpha value is 0.759. The summed E-state index contributed by atoms with van der Waals surface area (Å²) >= 11 is -1.49. The quantitative estimate of drug-likeness (QED) is 0.706. The molecule has 2 heteroatoms. The first kappa shape index (κ1) is 10.3. The molecule has 0 amide bonds. The summed E-state index contributed by atoms with van der Waals surface area (Å²) in [4.78, 5) is 10.5.